The largest absolute Gasteiger partial charge is 0.496 e. The van der Waals surface area contributed by atoms with Crippen LogP contribution in [0.2, 0.25) is 5.02 Å². The summed E-state index contributed by atoms with van der Waals surface area (Å²) in [4.78, 5) is 5.55. The molecule has 0 aliphatic rings. The number of hydrogen-bond acceptors (Lipinski definition) is 4. The van der Waals surface area contributed by atoms with E-state index in [1.54, 1.807) is 24.5 Å². The van der Waals surface area contributed by atoms with Gasteiger partial charge in [-0.3, -0.25) is 0 Å². The Balaban J connectivity index is 2.40. The van der Waals surface area contributed by atoms with Gasteiger partial charge < -0.3 is 10.5 Å². The predicted octanol–water partition coefficient (Wildman–Crippen LogP) is 2.97. The van der Waals surface area contributed by atoms with E-state index in [1.807, 2.05) is 18.3 Å². The number of thiazole rings is 1. The van der Waals surface area contributed by atoms with Crippen molar-refractivity contribution in [1.29, 1.82) is 0 Å². The number of halogens is 1. The summed E-state index contributed by atoms with van der Waals surface area (Å²) in [6.07, 6.45) is 2.70. The van der Waals surface area contributed by atoms with Crippen LogP contribution in [0.1, 0.15) is 4.88 Å². The maximum Gasteiger partial charge on any atom is 0.129 e. The van der Waals surface area contributed by atoms with Crippen LogP contribution in [-0.4, -0.2) is 18.6 Å². The van der Waals surface area contributed by atoms with Crippen LogP contribution >= 0.6 is 22.9 Å². The molecule has 0 fully saturated rings. The third-order valence-corrected chi connectivity index (χ3v) is 3.66. The molecular formula is C12H13ClN2OS. The molecule has 3 nitrogen and oxygen atoms in total. The van der Waals surface area contributed by atoms with Crippen LogP contribution < -0.4 is 10.5 Å². The topological polar surface area (TPSA) is 48.1 Å². The first kappa shape index (κ1) is 12.4. The van der Waals surface area contributed by atoms with Crippen molar-refractivity contribution in [2.75, 3.05) is 13.7 Å². The molecule has 0 atom stereocenters. The van der Waals surface area contributed by atoms with Gasteiger partial charge in [-0.1, -0.05) is 11.6 Å². The number of nitrogens with two attached hydrogens (primary N) is 1. The van der Waals surface area contributed by atoms with Crippen molar-refractivity contribution in [3.63, 3.8) is 0 Å². The fourth-order valence-electron chi connectivity index (χ4n) is 1.54. The monoisotopic (exact) mass is 268 g/mol. The molecule has 17 heavy (non-hydrogen) atoms. The number of hydrogen-bond donors (Lipinski definition) is 1. The van der Waals surface area contributed by atoms with Crippen LogP contribution in [0, 0.1) is 0 Å². The molecule has 0 saturated carbocycles. The number of methoxy groups -OCH3 is 1. The highest BCUT2D eigenvalue weighted by Gasteiger charge is 2.10. The van der Waals surface area contributed by atoms with Gasteiger partial charge in [0.25, 0.3) is 0 Å². The van der Waals surface area contributed by atoms with Crippen molar-refractivity contribution in [3.8, 4) is 16.3 Å². The van der Waals surface area contributed by atoms with Crippen molar-refractivity contribution in [3.05, 3.63) is 34.3 Å². The van der Waals surface area contributed by atoms with Crippen molar-refractivity contribution in [2.45, 2.75) is 6.42 Å². The van der Waals surface area contributed by atoms with Gasteiger partial charge >= 0.3 is 0 Å². The van der Waals surface area contributed by atoms with Gasteiger partial charge in [0.15, 0.2) is 0 Å². The SMILES string of the molecule is COc1ccc(Cl)cc1-c1ncc(CCN)s1. The molecule has 0 spiro atoms. The number of nitrogens with zero attached hydrogens (tertiary/aromatic N) is 1. The van der Waals surface area contributed by atoms with Gasteiger partial charge in [-0.2, -0.15) is 0 Å². The lowest BCUT2D eigenvalue weighted by Crippen LogP contribution is -2.00. The second kappa shape index (κ2) is 5.49. The van der Waals surface area contributed by atoms with Gasteiger partial charge in [-0.15, -0.1) is 11.3 Å². The van der Waals surface area contributed by atoms with E-state index in [1.165, 1.54) is 4.88 Å². The van der Waals surface area contributed by atoms with Crippen LogP contribution in [0.25, 0.3) is 10.6 Å². The van der Waals surface area contributed by atoms with E-state index in [9.17, 15) is 0 Å². The standard InChI is InChI=1S/C12H13ClN2OS/c1-16-11-3-2-8(13)6-10(11)12-15-7-9(17-12)4-5-14/h2-3,6-7H,4-5,14H2,1H3. The molecule has 0 aliphatic heterocycles. The van der Waals surface area contributed by atoms with E-state index in [-0.39, 0.29) is 0 Å². The Morgan fingerprint density at radius 2 is 2.29 bits per heavy atom. The average molecular weight is 269 g/mol. The summed E-state index contributed by atoms with van der Waals surface area (Å²) in [5.41, 5.74) is 6.45. The Morgan fingerprint density at radius 1 is 1.47 bits per heavy atom. The van der Waals surface area contributed by atoms with Gasteiger partial charge in [0, 0.05) is 16.1 Å². The highest BCUT2D eigenvalue weighted by atomic mass is 35.5. The van der Waals surface area contributed by atoms with Gasteiger partial charge in [-0.25, -0.2) is 4.98 Å². The van der Waals surface area contributed by atoms with E-state index in [2.05, 4.69) is 4.98 Å². The van der Waals surface area contributed by atoms with Crippen molar-refractivity contribution < 1.29 is 4.74 Å². The number of aromatic nitrogens is 1. The first-order valence-electron chi connectivity index (χ1n) is 5.23. The van der Waals surface area contributed by atoms with E-state index in [0.717, 1.165) is 22.7 Å². The quantitative estimate of drug-likeness (QED) is 0.927. The summed E-state index contributed by atoms with van der Waals surface area (Å²) in [6, 6.07) is 5.52. The van der Waals surface area contributed by atoms with Crippen LogP contribution in [0.15, 0.2) is 24.4 Å². The zero-order valence-corrected chi connectivity index (χ0v) is 11.0. The molecule has 0 bridgehead atoms. The fourth-order valence-corrected chi connectivity index (χ4v) is 2.66. The molecule has 90 valence electrons. The summed E-state index contributed by atoms with van der Waals surface area (Å²) in [7, 11) is 1.64. The third-order valence-electron chi connectivity index (χ3n) is 2.34. The minimum Gasteiger partial charge on any atom is -0.496 e. The van der Waals surface area contributed by atoms with E-state index in [4.69, 9.17) is 22.1 Å². The van der Waals surface area contributed by atoms with E-state index < -0.39 is 0 Å². The van der Waals surface area contributed by atoms with Gasteiger partial charge in [0.2, 0.25) is 0 Å². The average Bonchev–Trinajstić information content (AvgIpc) is 2.78. The number of ether oxygens (including phenoxy) is 1. The fraction of sp³-hybridized carbons (Fsp3) is 0.250. The van der Waals surface area contributed by atoms with Crippen LogP contribution in [0.4, 0.5) is 0 Å². The lowest BCUT2D eigenvalue weighted by atomic mass is 10.2. The van der Waals surface area contributed by atoms with Crippen LogP contribution in [-0.2, 0) is 6.42 Å². The second-order valence-corrected chi connectivity index (χ2v) is 5.07. The molecule has 2 N–H and O–H groups in total. The van der Waals surface area contributed by atoms with Crippen LogP contribution in [0.3, 0.4) is 0 Å². The highest BCUT2D eigenvalue weighted by molar-refractivity contribution is 7.15. The molecule has 1 heterocycles. The Hall–Kier alpha value is -1.10. The lowest BCUT2D eigenvalue weighted by molar-refractivity contribution is 0.416. The van der Waals surface area contributed by atoms with E-state index >= 15 is 0 Å². The summed E-state index contributed by atoms with van der Waals surface area (Å²) >= 11 is 7.61. The molecule has 0 radical (unpaired) electrons. The Morgan fingerprint density at radius 3 is 3.00 bits per heavy atom. The maximum absolute atomic E-state index is 5.99. The second-order valence-electron chi connectivity index (χ2n) is 3.52. The summed E-state index contributed by atoms with van der Waals surface area (Å²) < 4.78 is 5.31. The first-order chi connectivity index (χ1) is 8.24. The van der Waals surface area contributed by atoms with Crippen molar-refractivity contribution >= 4 is 22.9 Å². The van der Waals surface area contributed by atoms with E-state index in [0.29, 0.717) is 11.6 Å². The number of rotatable bonds is 4. The highest BCUT2D eigenvalue weighted by Crippen LogP contribution is 2.34. The molecular weight excluding hydrogens is 256 g/mol. The Bertz CT molecular complexity index is 513. The van der Waals surface area contributed by atoms with Gasteiger partial charge in [0.1, 0.15) is 10.8 Å². The van der Waals surface area contributed by atoms with Crippen molar-refractivity contribution in [1.82, 2.24) is 4.98 Å². The summed E-state index contributed by atoms with van der Waals surface area (Å²) in [5, 5.41) is 1.59. The molecule has 0 saturated heterocycles. The smallest absolute Gasteiger partial charge is 0.129 e. The zero-order valence-electron chi connectivity index (χ0n) is 9.44. The Labute approximate surface area is 109 Å². The number of benzene rings is 1. The molecule has 2 aromatic rings. The molecule has 5 heteroatoms. The summed E-state index contributed by atoms with van der Waals surface area (Å²) in [6.45, 7) is 0.633. The third kappa shape index (κ3) is 2.77. The minimum atomic E-state index is 0.633. The molecule has 1 aromatic carbocycles. The summed E-state index contributed by atoms with van der Waals surface area (Å²) in [5.74, 6) is 0.781. The predicted molar refractivity (Wildman–Crippen MR) is 71.9 cm³/mol. The zero-order chi connectivity index (χ0) is 12.3. The molecule has 1 aromatic heterocycles. The van der Waals surface area contributed by atoms with Gasteiger partial charge in [-0.05, 0) is 31.2 Å². The van der Waals surface area contributed by atoms with Gasteiger partial charge in [0.05, 0.1) is 12.7 Å². The minimum absolute atomic E-state index is 0.633. The Kier molecular flexibility index (Phi) is 3.99. The molecule has 0 unspecified atom stereocenters. The molecule has 2 rings (SSSR count). The maximum atomic E-state index is 5.99. The lowest BCUT2D eigenvalue weighted by Gasteiger charge is -2.05. The first-order valence-corrected chi connectivity index (χ1v) is 6.42. The molecule has 0 aliphatic carbocycles. The molecule has 0 amide bonds. The van der Waals surface area contributed by atoms with Crippen molar-refractivity contribution in [2.24, 2.45) is 5.73 Å². The normalized spacial score (nSPS) is 10.5. The van der Waals surface area contributed by atoms with Crippen LogP contribution in [0.5, 0.6) is 5.75 Å².